The van der Waals surface area contributed by atoms with Gasteiger partial charge >= 0.3 is 0 Å². The fraction of sp³-hybridized carbons (Fsp3) is 0.455. The van der Waals surface area contributed by atoms with E-state index in [0.29, 0.717) is 19.8 Å². The quantitative estimate of drug-likeness (QED) is 0.288. The van der Waals surface area contributed by atoms with Crippen LogP contribution in [0.5, 0.6) is 0 Å². The Balaban J connectivity index is 1.24. The van der Waals surface area contributed by atoms with Crippen molar-refractivity contribution in [2.75, 3.05) is 20.3 Å². The maximum atomic E-state index is 9.58. The highest BCUT2D eigenvalue weighted by Crippen LogP contribution is 2.40. The fourth-order valence-electron chi connectivity index (χ4n) is 5.52. The average Bonchev–Trinajstić information content (AvgIpc) is 3.77. The molecule has 1 N–H and O–H groups in total. The molecule has 3 fully saturated rings. The van der Waals surface area contributed by atoms with Crippen molar-refractivity contribution >= 4 is 0 Å². The normalized spacial score (nSPS) is 32.0. The summed E-state index contributed by atoms with van der Waals surface area (Å²) in [7, 11) is 1.59. The highest BCUT2D eigenvalue weighted by molar-refractivity contribution is 5.16. The first-order valence-corrected chi connectivity index (χ1v) is 14.4. The van der Waals surface area contributed by atoms with Crippen LogP contribution < -0.4 is 0 Å². The topological polar surface area (TPSA) is 97.4 Å². The van der Waals surface area contributed by atoms with Gasteiger partial charge < -0.3 is 43.0 Å². The molecule has 3 aliphatic heterocycles. The standard InChI is InChI=1S/C33H38O9/c1-35-32-30(38-20-24-15-9-4-10-16-24)29(37-19-23-13-7-3-8-14-23)27(36-18-22-11-5-2-6-12-22)26(41-32)21-39-33-31-28(42-31)25(17-34)40-33/h2-16,25-34H,17-21H2,1H3/t25-,26-,27-,28+,29+,30+,31+,32+,33+/m1/s1. The van der Waals surface area contributed by atoms with E-state index in [2.05, 4.69) is 0 Å². The zero-order valence-corrected chi connectivity index (χ0v) is 23.6. The van der Waals surface area contributed by atoms with Crippen LogP contribution in [0.2, 0.25) is 0 Å². The Morgan fingerprint density at radius 3 is 1.55 bits per heavy atom. The molecule has 3 heterocycles. The minimum Gasteiger partial charge on any atom is -0.394 e. The number of methoxy groups -OCH3 is 1. The summed E-state index contributed by atoms with van der Waals surface area (Å²) in [5.41, 5.74) is 3.08. The van der Waals surface area contributed by atoms with Crippen molar-refractivity contribution in [2.24, 2.45) is 0 Å². The van der Waals surface area contributed by atoms with Crippen LogP contribution in [0.3, 0.4) is 0 Å². The number of benzene rings is 3. The van der Waals surface area contributed by atoms with E-state index in [0.717, 1.165) is 16.7 Å². The van der Waals surface area contributed by atoms with Crippen LogP contribution in [0.1, 0.15) is 16.7 Å². The number of aliphatic hydroxyl groups is 1. The van der Waals surface area contributed by atoms with Crippen LogP contribution >= 0.6 is 0 Å². The molecule has 0 aromatic heterocycles. The Kier molecular flexibility index (Phi) is 9.92. The van der Waals surface area contributed by atoms with Crippen LogP contribution in [0.15, 0.2) is 91.0 Å². The number of ether oxygens (including phenoxy) is 8. The summed E-state index contributed by atoms with van der Waals surface area (Å²) in [5.74, 6) is 0. The second-order valence-corrected chi connectivity index (χ2v) is 10.7. The molecule has 9 nitrogen and oxygen atoms in total. The lowest BCUT2D eigenvalue weighted by Gasteiger charge is -2.45. The summed E-state index contributed by atoms with van der Waals surface area (Å²) in [6.45, 7) is 1.08. The number of epoxide rings is 1. The molecule has 3 saturated heterocycles. The fourth-order valence-corrected chi connectivity index (χ4v) is 5.52. The average molecular weight is 579 g/mol. The van der Waals surface area contributed by atoms with Gasteiger partial charge in [0.1, 0.15) is 42.7 Å². The molecule has 3 aliphatic rings. The molecule has 0 amide bonds. The molecule has 9 atom stereocenters. The van der Waals surface area contributed by atoms with Gasteiger partial charge in [0.25, 0.3) is 0 Å². The van der Waals surface area contributed by atoms with Crippen LogP contribution in [0, 0.1) is 0 Å². The van der Waals surface area contributed by atoms with Crippen LogP contribution in [0.25, 0.3) is 0 Å². The summed E-state index contributed by atoms with van der Waals surface area (Å²) in [6.07, 6.45) is -4.32. The van der Waals surface area contributed by atoms with Gasteiger partial charge in [0.2, 0.25) is 0 Å². The Morgan fingerprint density at radius 2 is 1.05 bits per heavy atom. The van der Waals surface area contributed by atoms with Gasteiger partial charge in [-0.3, -0.25) is 0 Å². The zero-order valence-electron chi connectivity index (χ0n) is 23.6. The van der Waals surface area contributed by atoms with Gasteiger partial charge in [0.15, 0.2) is 12.6 Å². The number of hydrogen-bond acceptors (Lipinski definition) is 9. The van der Waals surface area contributed by atoms with Crippen molar-refractivity contribution in [1.29, 1.82) is 0 Å². The molecule has 0 aliphatic carbocycles. The smallest absolute Gasteiger partial charge is 0.187 e. The van der Waals surface area contributed by atoms with Crippen molar-refractivity contribution in [1.82, 2.24) is 0 Å². The minimum atomic E-state index is -0.737. The van der Waals surface area contributed by atoms with Gasteiger partial charge in [-0.1, -0.05) is 91.0 Å². The third-order valence-corrected chi connectivity index (χ3v) is 7.79. The van der Waals surface area contributed by atoms with Crippen molar-refractivity contribution in [3.8, 4) is 0 Å². The lowest BCUT2D eigenvalue weighted by molar-refractivity contribution is -0.328. The summed E-state index contributed by atoms with van der Waals surface area (Å²) in [5, 5.41) is 9.58. The van der Waals surface area contributed by atoms with Gasteiger partial charge in [-0.2, -0.15) is 0 Å². The number of aliphatic hydroxyl groups excluding tert-OH is 1. The van der Waals surface area contributed by atoms with E-state index in [9.17, 15) is 5.11 Å². The maximum absolute atomic E-state index is 9.58. The largest absolute Gasteiger partial charge is 0.394 e. The predicted octanol–water partition coefficient (Wildman–Crippen LogP) is 3.62. The minimum absolute atomic E-state index is 0.120. The monoisotopic (exact) mass is 578 g/mol. The molecule has 0 radical (unpaired) electrons. The van der Waals surface area contributed by atoms with Gasteiger partial charge in [-0.15, -0.1) is 0 Å². The predicted molar refractivity (Wildman–Crippen MR) is 151 cm³/mol. The second-order valence-electron chi connectivity index (χ2n) is 10.7. The number of hydrogen-bond donors (Lipinski definition) is 1. The summed E-state index contributed by atoms with van der Waals surface area (Å²) >= 11 is 0. The molecule has 0 spiro atoms. The second kappa shape index (κ2) is 14.2. The van der Waals surface area contributed by atoms with E-state index < -0.39 is 37.0 Å². The first kappa shape index (κ1) is 29.4. The van der Waals surface area contributed by atoms with Crippen LogP contribution in [-0.2, 0) is 57.7 Å². The molecule has 3 aromatic rings. The zero-order chi connectivity index (χ0) is 28.7. The molecular formula is C33H38O9. The first-order chi connectivity index (χ1) is 20.7. The lowest BCUT2D eigenvalue weighted by atomic mass is 9.97. The Labute approximate surface area is 246 Å². The van der Waals surface area contributed by atoms with E-state index >= 15 is 0 Å². The van der Waals surface area contributed by atoms with E-state index in [4.69, 9.17) is 37.9 Å². The summed E-state index contributed by atoms with van der Waals surface area (Å²) in [6, 6.07) is 29.9. The third-order valence-electron chi connectivity index (χ3n) is 7.79. The van der Waals surface area contributed by atoms with E-state index in [1.807, 2.05) is 91.0 Å². The van der Waals surface area contributed by atoms with E-state index in [1.54, 1.807) is 7.11 Å². The molecular weight excluding hydrogens is 540 g/mol. The molecule has 6 rings (SSSR count). The van der Waals surface area contributed by atoms with Gasteiger partial charge in [-0.05, 0) is 16.7 Å². The summed E-state index contributed by atoms with van der Waals surface area (Å²) in [4.78, 5) is 0. The summed E-state index contributed by atoms with van der Waals surface area (Å²) < 4.78 is 49.6. The van der Waals surface area contributed by atoms with Crippen LogP contribution in [-0.4, -0.2) is 80.7 Å². The highest BCUT2D eigenvalue weighted by Gasteiger charge is 2.59. The molecule has 224 valence electrons. The molecule has 42 heavy (non-hydrogen) atoms. The number of fused-ring (bicyclic) bond motifs is 1. The van der Waals surface area contributed by atoms with Gasteiger partial charge in [0, 0.05) is 7.11 Å². The van der Waals surface area contributed by atoms with Gasteiger partial charge in [-0.25, -0.2) is 0 Å². The van der Waals surface area contributed by atoms with Crippen molar-refractivity contribution < 1.29 is 43.0 Å². The van der Waals surface area contributed by atoms with Gasteiger partial charge in [0.05, 0.1) is 33.0 Å². The molecule has 9 heteroatoms. The Morgan fingerprint density at radius 1 is 0.548 bits per heavy atom. The van der Waals surface area contributed by atoms with Crippen molar-refractivity contribution in [3.63, 3.8) is 0 Å². The number of rotatable bonds is 14. The van der Waals surface area contributed by atoms with Crippen molar-refractivity contribution in [3.05, 3.63) is 108 Å². The maximum Gasteiger partial charge on any atom is 0.187 e. The Hall–Kier alpha value is -2.70. The van der Waals surface area contributed by atoms with Crippen molar-refractivity contribution in [2.45, 2.75) is 75.1 Å². The highest BCUT2D eigenvalue weighted by atomic mass is 16.8. The molecule has 3 aromatic carbocycles. The van der Waals surface area contributed by atoms with E-state index in [-0.39, 0.29) is 31.5 Å². The lowest BCUT2D eigenvalue weighted by Crippen LogP contribution is -2.61. The SMILES string of the molecule is CO[C@H]1O[C@H](CO[C@H]2O[C@H](CO)[C@@H]3O[C@H]23)[C@@H](OCc2ccccc2)[C@H](OCc2ccccc2)[C@@H]1OCc1ccccc1. The molecule has 0 unspecified atom stereocenters. The molecule has 0 saturated carbocycles. The third kappa shape index (κ3) is 7.08. The Bertz CT molecular complexity index is 1210. The van der Waals surface area contributed by atoms with Crippen LogP contribution in [0.4, 0.5) is 0 Å². The van der Waals surface area contributed by atoms with E-state index in [1.165, 1.54) is 0 Å². The molecule has 0 bridgehead atoms. The first-order valence-electron chi connectivity index (χ1n) is 14.4.